The van der Waals surface area contributed by atoms with Crippen molar-refractivity contribution in [2.24, 2.45) is 17.8 Å². The summed E-state index contributed by atoms with van der Waals surface area (Å²) in [5.41, 5.74) is 6.77. The van der Waals surface area contributed by atoms with E-state index in [4.69, 9.17) is 15.0 Å². The van der Waals surface area contributed by atoms with Gasteiger partial charge in [-0.1, -0.05) is 23.4 Å². The fourth-order valence-corrected chi connectivity index (χ4v) is 4.29. The number of anilines is 4. The van der Waals surface area contributed by atoms with Crippen LogP contribution in [0.2, 0.25) is 0 Å². The number of para-hydroxylation sites is 1. The van der Waals surface area contributed by atoms with Gasteiger partial charge in [-0.15, -0.1) is 0 Å². The van der Waals surface area contributed by atoms with E-state index in [9.17, 15) is 13.2 Å². The Bertz CT molecular complexity index is 1130. The highest BCUT2D eigenvalue weighted by atomic mass is 19.4. The lowest BCUT2D eigenvalue weighted by atomic mass is 10.3. The standard InChI is InChI=1S/C21H23F3N8O2/c1-31(12-5-3-2-4-6-12)19-27-16(26-18(25)29-19)17-28-20(34-30-17)32-9-13-14(10-32)15(13)11-33-8-7-21(22,23)24/h2-6,13-15H,7-11H2,1H3,(H2,25,26,27,29)/t13-,14?,15?/m0/s1. The molecule has 1 aliphatic carbocycles. The summed E-state index contributed by atoms with van der Waals surface area (Å²) in [5, 5.41) is 4.00. The number of hydrogen-bond donors (Lipinski definition) is 1. The Labute approximate surface area is 192 Å². The molecule has 2 unspecified atom stereocenters. The van der Waals surface area contributed by atoms with Crippen LogP contribution in [0.15, 0.2) is 34.9 Å². The van der Waals surface area contributed by atoms with E-state index in [1.165, 1.54) is 0 Å². The van der Waals surface area contributed by atoms with Gasteiger partial charge in [-0.3, -0.25) is 0 Å². The molecule has 1 saturated heterocycles. The van der Waals surface area contributed by atoms with Crippen LogP contribution in [0.3, 0.4) is 0 Å². The molecule has 0 radical (unpaired) electrons. The van der Waals surface area contributed by atoms with Crippen molar-refractivity contribution in [3.05, 3.63) is 30.3 Å². The van der Waals surface area contributed by atoms with E-state index in [0.717, 1.165) is 5.69 Å². The number of halogens is 3. The largest absolute Gasteiger partial charge is 0.391 e. The van der Waals surface area contributed by atoms with Crippen molar-refractivity contribution in [3.8, 4) is 11.6 Å². The lowest BCUT2D eigenvalue weighted by Gasteiger charge is -2.17. The number of nitrogens with two attached hydrogens (primary N) is 1. The van der Waals surface area contributed by atoms with Crippen LogP contribution < -0.4 is 15.5 Å². The second kappa shape index (κ2) is 8.70. The number of alkyl halides is 3. The van der Waals surface area contributed by atoms with E-state index in [2.05, 4.69) is 25.1 Å². The number of hydrogen-bond acceptors (Lipinski definition) is 10. The maximum absolute atomic E-state index is 12.2. The molecular formula is C21H23F3N8O2. The Hall–Kier alpha value is -3.48. The average Bonchev–Trinajstić information content (AvgIpc) is 3.17. The number of piperidine rings is 1. The zero-order valence-corrected chi connectivity index (χ0v) is 18.3. The Morgan fingerprint density at radius 1 is 1.09 bits per heavy atom. The number of rotatable bonds is 8. The summed E-state index contributed by atoms with van der Waals surface area (Å²) in [5.74, 6) is 1.73. The maximum Gasteiger partial charge on any atom is 0.391 e. The molecule has 1 aliphatic heterocycles. The van der Waals surface area contributed by atoms with Crippen molar-refractivity contribution < 1.29 is 22.4 Å². The second-order valence-corrected chi connectivity index (χ2v) is 8.45. The molecule has 3 atom stereocenters. The fourth-order valence-electron chi connectivity index (χ4n) is 4.29. The minimum atomic E-state index is -4.19. The van der Waals surface area contributed by atoms with Crippen LogP contribution in [0, 0.1) is 17.8 Å². The monoisotopic (exact) mass is 476 g/mol. The molecule has 2 aliphatic rings. The van der Waals surface area contributed by atoms with Crippen LogP contribution >= 0.6 is 0 Å². The van der Waals surface area contributed by atoms with E-state index in [1.54, 1.807) is 4.90 Å². The molecule has 3 heterocycles. The first-order valence-corrected chi connectivity index (χ1v) is 10.8. The minimum Gasteiger partial charge on any atom is -0.381 e. The summed E-state index contributed by atoms with van der Waals surface area (Å²) in [6, 6.07) is 9.90. The Kier molecular flexibility index (Phi) is 5.71. The van der Waals surface area contributed by atoms with Crippen LogP contribution in [-0.2, 0) is 4.74 Å². The van der Waals surface area contributed by atoms with Crippen molar-refractivity contribution in [2.45, 2.75) is 12.6 Å². The molecule has 180 valence electrons. The molecule has 5 rings (SSSR count). The van der Waals surface area contributed by atoms with Gasteiger partial charge in [0.25, 0.3) is 0 Å². The molecule has 2 fully saturated rings. The normalized spacial score (nSPS) is 21.5. The molecule has 34 heavy (non-hydrogen) atoms. The number of benzene rings is 1. The van der Waals surface area contributed by atoms with Gasteiger partial charge in [0.1, 0.15) is 0 Å². The lowest BCUT2D eigenvalue weighted by molar-refractivity contribution is -0.145. The van der Waals surface area contributed by atoms with Crippen LogP contribution in [0.1, 0.15) is 6.42 Å². The van der Waals surface area contributed by atoms with E-state index in [1.807, 2.05) is 42.3 Å². The first-order chi connectivity index (χ1) is 16.3. The van der Waals surface area contributed by atoms with Crippen LogP contribution in [0.5, 0.6) is 0 Å². The highest BCUT2D eigenvalue weighted by molar-refractivity contribution is 5.59. The topological polar surface area (TPSA) is 119 Å². The van der Waals surface area contributed by atoms with E-state index in [-0.39, 0.29) is 30.1 Å². The number of fused-ring (bicyclic) bond motifs is 1. The molecule has 2 aromatic heterocycles. The van der Waals surface area contributed by atoms with Gasteiger partial charge in [0, 0.05) is 25.8 Å². The molecule has 1 saturated carbocycles. The van der Waals surface area contributed by atoms with E-state index in [0.29, 0.717) is 43.5 Å². The summed E-state index contributed by atoms with van der Waals surface area (Å²) in [6.07, 6.45) is -5.11. The van der Waals surface area contributed by atoms with Crippen LogP contribution in [0.4, 0.5) is 36.8 Å². The average molecular weight is 476 g/mol. The van der Waals surface area contributed by atoms with E-state index >= 15 is 0 Å². The predicted octanol–water partition coefficient (Wildman–Crippen LogP) is 2.92. The van der Waals surface area contributed by atoms with Gasteiger partial charge in [0.2, 0.25) is 23.5 Å². The van der Waals surface area contributed by atoms with Gasteiger partial charge in [0.05, 0.1) is 19.6 Å². The third-order valence-electron chi connectivity index (χ3n) is 6.18. The van der Waals surface area contributed by atoms with Crippen molar-refractivity contribution >= 4 is 23.6 Å². The quantitative estimate of drug-likeness (QED) is 0.486. The molecule has 10 nitrogen and oxygen atoms in total. The Morgan fingerprint density at radius 3 is 2.53 bits per heavy atom. The molecule has 1 aromatic carbocycles. The van der Waals surface area contributed by atoms with Crippen molar-refractivity contribution in [1.82, 2.24) is 25.1 Å². The third-order valence-corrected chi connectivity index (χ3v) is 6.18. The predicted molar refractivity (Wildman–Crippen MR) is 116 cm³/mol. The summed E-state index contributed by atoms with van der Waals surface area (Å²) in [6.45, 7) is 1.41. The van der Waals surface area contributed by atoms with Crippen molar-refractivity contribution in [2.75, 3.05) is 48.9 Å². The first-order valence-electron chi connectivity index (χ1n) is 10.8. The van der Waals surface area contributed by atoms with Gasteiger partial charge in [-0.2, -0.15) is 33.1 Å². The van der Waals surface area contributed by atoms with Gasteiger partial charge < -0.3 is 24.8 Å². The number of nitrogens with zero attached hydrogens (tertiary/aromatic N) is 7. The van der Waals surface area contributed by atoms with Crippen LogP contribution in [-0.4, -0.2) is 64.6 Å². The zero-order chi connectivity index (χ0) is 23.9. The lowest BCUT2D eigenvalue weighted by Crippen LogP contribution is -2.25. The van der Waals surface area contributed by atoms with Gasteiger partial charge >= 0.3 is 12.2 Å². The summed E-state index contributed by atoms with van der Waals surface area (Å²) in [4.78, 5) is 20.9. The van der Waals surface area contributed by atoms with Crippen molar-refractivity contribution in [1.29, 1.82) is 0 Å². The molecule has 13 heteroatoms. The summed E-state index contributed by atoms with van der Waals surface area (Å²) in [7, 11) is 1.81. The Balaban J connectivity index is 1.20. The zero-order valence-electron chi connectivity index (χ0n) is 18.3. The summed E-state index contributed by atoms with van der Waals surface area (Å²) >= 11 is 0. The Morgan fingerprint density at radius 2 is 1.82 bits per heavy atom. The molecule has 3 aromatic rings. The SMILES string of the molecule is CN(c1ccccc1)c1nc(N)nc(-c2noc(N3CC4C(COCCC(F)(F)F)[C@H]4C3)n2)n1. The van der Waals surface area contributed by atoms with Gasteiger partial charge in [-0.25, -0.2) is 0 Å². The highest BCUT2D eigenvalue weighted by Crippen LogP contribution is 2.52. The summed E-state index contributed by atoms with van der Waals surface area (Å²) < 4.78 is 47.3. The number of aromatic nitrogens is 5. The first kappa shape index (κ1) is 22.3. The smallest absolute Gasteiger partial charge is 0.381 e. The third kappa shape index (κ3) is 4.74. The van der Waals surface area contributed by atoms with E-state index < -0.39 is 12.6 Å². The molecule has 2 N–H and O–H groups in total. The molecule has 0 spiro atoms. The highest BCUT2D eigenvalue weighted by Gasteiger charge is 2.56. The second-order valence-electron chi connectivity index (χ2n) is 8.45. The van der Waals surface area contributed by atoms with Gasteiger partial charge in [-0.05, 0) is 29.9 Å². The maximum atomic E-state index is 12.2. The van der Waals surface area contributed by atoms with Gasteiger partial charge in [0.15, 0.2) is 0 Å². The molecular weight excluding hydrogens is 453 g/mol. The molecule has 0 bridgehead atoms. The number of ether oxygens (including phenoxy) is 1. The fraction of sp³-hybridized carbons (Fsp3) is 0.476. The number of nitrogen functional groups attached to an aromatic ring is 1. The van der Waals surface area contributed by atoms with Crippen LogP contribution in [0.25, 0.3) is 11.6 Å². The minimum absolute atomic E-state index is 0.0323. The van der Waals surface area contributed by atoms with Crippen molar-refractivity contribution in [3.63, 3.8) is 0 Å². The molecule has 0 amide bonds.